The molecular formula is C24H32ClFN6O3. The van der Waals surface area contributed by atoms with Crippen LogP contribution in [0.2, 0.25) is 0 Å². The molecule has 1 amide bonds. The molecule has 4 heterocycles. The molecule has 2 saturated heterocycles. The second kappa shape index (κ2) is 11.0. The third-order valence-electron chi connectivity index (χ3n) is 7.05. The molecule has 2 aliphatic rings. The normalized spacial score (nSPS) is 19.4. The van der Waals surface area contributed by atoms with E-state index in [9.17, 15) is 9.18 Å². The molecule has 35 heavy (non-hydrogen) atoms. The Bertz CT molecular complexity index is 1160. The number of aryl methyl sites for hydroxylation is 1. The summed E-state index contributed by atoms with van der Waals surface area (Å²) in [6.07, 6.45) is 3.58. The molecule has 9 nitrogen and oxygen atoms in total. The molecule has 2 aromatic heterocycles. The van der Waals surface area contributed by atoms with Gasteiger partial charge >= 0.3 is 0 Å². The monoisotopic (exact) mass is 506 g/mol. The highest BCUT2D eigenvalue weighted by Crippen LogP contribution is 2.30. The Hall–Kier alpha value is -2.56. The van der Waals surface area contributed by atoms with Crippen LogP contribution in [-0.2, 0) is 16.0 Å². The number of hydrogen-bond acceptors (Lipinski definition) is 7. The predicted octanol–water partition coefficient (Wildman–Crippen LogP) is 3.21. The van der Waals surface area contributed by atoms with E-state index in [0.717, 1.165) is 63.1 Å². The molecule has 0 aliphatic carbocycles. The molecule has 0 saturated carbocycles. The molecule has 0 spiro atoms. The molecule has 5 rings (SSSR count). The maximum Gasteiger partial charge on any atom is 0.291 e. The van der Waals surface area contributed by atoms with Crippen molar-refractivity contribution in [3.8, 4) is 5.95 Å². The Labute approximate surface area is 210 Å². The largest absolute Gasteiger partial charge is 0.375 e. The number of fused-ring (bicyclic) bond motifs is 1. The number of carbonyl (C=O) groups excluding carboxylic acids is 1. The van der Waals surface area contributed by atoms with Crippen LogP contribution in [0, 0.1) is 11.7 Å². The molecule has 11 heteroatoms. The summed E-state index contributed by atoms with van der Waals surface area (Å²) in [4.78, 5) is 21.0. The summed E-state index contributed by atoms with van der Waals surface area (Å²) in [5, 5.41) is 9.45. The van der Waals surface area contributed by atoms with Gasteiger partial charge in [0.15, 0.2) is 0 Å². The number of ether oxygens (including phenoxy) is 1. The maximum atomic E-state index is 14.6. The first-order valence-electron chi connectivity index (χ1n) is 12.1. The number of methoxy groups -OCH3 is 1. The van der Waals surface area contributed by atoms with Crippen LogP contribution in [0.5, 0.6) is 0 Å². The lowest BCUT2D eigenvalue weighted by molar-refractivity contribution is -0.134. The van der Waals surface area contributed by atoms with Crippen molar-refractivity contribution in [2.45, 2.75) is 38.5 Å². The van der Waals surface area contributed by atoms with E-state index in [0.29, 0.717) is 23.7 Å². The average Bonchev–Trinajstić information content (AvgIpc) is 3.58. The van der Waals surface area contributed by atoms with Crippen LogP contribution in [-0.4, -0.2) is 82.1 Å². The summed E-state index contributed by atoms with van der Waals surface area (Å²) in [6, 6.07) is 4.99. The summed E-state index contributed by atoms with van der Waals surface area (Å²) < 4.78 is 26.6. The van der Waals surface area contributed by atoms with Gasteiger partial charge < -0.3 is 19.1 Å². The maximum absolute atomic E-state index is 14.6. The number of benzene rings is 1. The predicted molar refractivity (Wildman–Crippen MR) is 130 cm³/mol. The number of aromatic nitrogens is 4. The molecule has 1 atom stereocenters. The minimum Gasteiger partial charge on any atom is -0.375 e. The summed E-state index contributed by atoms with van der Waals surface area (Å²) in [5.74, 6) is 1.27. The molecule has 2 aliphatic heterocycles. The van der Waals surface area contributed by atoms with Gasteiger partial charge in [-0.1, -0.05) is 19.1 Å². The van der Waals surface area contributed by atoms with Crippen LogP contribution in [0.4, 0.5) is 4.39 Å². The quantitative estimate of drug-likeness (QED) is 0.486. The lowest BCUT2D eigenvalue weighted by Gasteiger charge is -2.32. The molecular weight excluding hydrogens is 475 g/mol. The molecule has 0 N–H and O–H groups in total. The molecule has 1 aromatic carbocycles. The number of nitrogens with zero attached hydrogens (tertiary/aromatic N) is 6. The topological polar surface area (TPSA) is 89.5 Å². The fourth-order valence-corrected chi connectivity index (χ4v) is 5.22. The third-order valence-corrected chi connectivity index (χ3v) is 7.05. The Morgan fingerprint density at radius 1 is 1.23 bits per heavy atom. The van der Waals surface area contributed by atoms with Gasteiger partial charge in [0.1, 0.15) is 17.9 Å². The molecule has 0 unspecified atom stereocenters. The number of carbonyl (C=O) groups is 1. The van der Waals surface area contributed by atoms with Crippen molar-refractivity contribution in [3.63, 3.8) is 0 Å². The van der Waals surface area contributed by atoms with E-state index in [1.807, 2.05) is 17.9 Å². The summed E-state index contributed by atoms with van der Waals surface area (Å²) >= 11 is 0. The van der Waals surface area contributed by atoms with E-state index < -0.39 is 0 Å². The van der Waals surface area contributed by atoms with E-state index in [1.54, 1.807) is 13.2 Å². The Kier molecular flexibility index (Phi) is 8.03. The van der Waals surface area contributed by atoms with E-state index in [-0.39, 0.29) is 42.6 Å². The molecule has 0 bridgehead atoms. The van der Waals surface area contributed by atoms with Crippen molar-refractivity contribution in [2.75, 3.05) is 46.4 Å². The van der Waals surface area contributed by atoms with E-state index >= 15 is 0 Å². The second-order valence-electron chi connectivity index (χ2n) is 9.28. The fourth-order valence-electron chi connectivity index (χ4n) is 5.22. The van der Waals surface area contributed by atoms with Gasteiger partial charge in [-0.05, 0) is 55.9 Å². The number of hydrogen-bond donors (Lipinski definition) is 0. The standard InChI is InChI=1S/C24H31FN6O3.ClH/c1-3-20-18-5-4-6-19(25)22(18)31(27-20)24-26-23(34-28-24)17-8-10-29(11-9-17)13-16-7-12-30(14-16)21(32)15-33-2;/h4-6,16-17H,3,7-15H2,1-2H3;1H/t16-;/m0./s1. The first-order valence-corrected chi connectivity index (χ1v) is 12.1. The van der Waals surface area contributed by atoms with Crippen LogP contribution in [0.15, 0.2) is 22.7 Å². The van der Waals surface area contributed by atoms with Crippen LogP contribution < -0.4 is 0 Å². The highest BCUT2D eigenvalue weighted by atomic mass is 35.5. The molecule has 0 radical (unpaired) electrons. The van der Waals surface area contributed by atoms with Crippen molar-refractivity contribution in [3.05, 3.63) is 35.6 Å². The van der Waals surface area contributed by atoms with Crippen LogP contribution in [0.25, 0.3) is 16.9 Å². The third kappa shape index (κ3) is 5.19. The second-order valence-corrected chi connectivity index (χ2v) is 9.28. The number of likely N-dealkylation sites (tertiary alicyclic amines) is 2. The zero-order chi connectivity index (χ0) is 23.7. The highest BCUT2D eigenvalue weighted by molar-refractivity contribution is 5.85. The first kappa shape index (κ1) is 25.5. The Balaban J connectivity index is 0.00000289. The van der Waals surface area contributed by atoms with Gasteiger partial charge in [0, 0.05) is 38.0 Å². The fraction of sp³-hybridized carbons (Fsp3) is 0.583. The zero-order valence-corrected chi connectivity index (χ0v) is 21.0. The number of para-hydroxylation sites is 1. The van der Waals surface area contributed by atoms with Crippen molar-refractivity contribution in [2.24, 2.45) is 5.92 Å². The molecule has 190 valence electrons. The van der Waals surface area contributed by atoms with E-state index in [4.69, 9.17) is 9.26 Å². The van der Waals surface area contributed by atoms with Gasteiger partial charge in [-0.25, -0.2) is 4.39 Å². The van der Waals surface area contributed by atoms with Gasteiger partial charge in [-0.2, -0.15) is 14.8 Å². The van der Waals surface area contributed by atoms with E-state index in [2.05, 4.69) is 20.1 Å². The Morgan fingerprint density at radius 3 is 2.77 bits per heavy atom. The average molecular weight is 507 g/mol. The number of halogens is 2. The van der Waals surface area contributed by atoms with Crippen LogP contribution in [0.3, 0.4) is 0 Å². The number of piperidine rings is 1. The first-order chi connectivity index (χ1) is 16.6. The lowest BCUT2D eigenvalue weighted by Crippen LogP contribution is -2.38. The van der Waals surface area contributed by atoms with Crippen LogP contribution in [0.1, 0.15) is 43.7 Å². The van der Waals surface area contributed by atoms with Crippen molar-refractivity contribution >= 4 is 29.2 Å². The minimum absolute atomic E-state index is 0. The SMILES string of the molecule is CCc1nn(-c2noc(C3CCN(C[C@@H]4CCN(C(=O)COC)C4)CC3)n2)c2c(F)cccc12.Cl. The van der Waals surface area contributed by atoms with Gasteiger partial charge in [-0.3, -0.25) is 4.79 Å². The zero-order valence-electron chi connectivity index (χ0n) is 20.2. The van der Waals surface area contributed by atoms with Gasteiger partial charge in [0.25, 0.3) is 5.95 Å². The minimum atomic E-state index is -0.348. The molecule has 3 aromatic rings. The summed E-state index contributed by atoms with van der Waals surface area (Å²) in [7, 11) is 1.56. The summed E-state index contributed by atoms with van der Waals surface area (Å²) in [6.45, 7) is 6.67. The molecule has 2 fully saturated rings. The van der Waals surface area contributed by atoms with Crippen molar-refractivity contribution in [1.82, 2.24) is 29.7 Å². The van der Waals surface area contributed by atoms with Crippen molar-refractivity contribution < 1.29 is 18.4 Å². The van der Waals surface area contributed by atoms with Gasteiger partial charge in [-0.15, -0.1) is 12.4 Å². The Morgan fingerprint density at radius 2 is 2.03 bits per heavy atom. The van der Waals surface area contributed by atoms with E-state index in [1.165, 1.54) is 10.7 Å². The highest BCUT2D eigenvalue weighted by Gasteiger charge is 2.31. The number of amides is 1. The van der Waals surface area contributed by atoms with Crippen molar-refractivity contribution in [1.29, 1.82) is 0 Å². The number of rotatable bonds is 7. The van der Waals surface area contributed by atoms with Gasteiger partial charge in [0.2, 0.25) is 11.8 Å². The van der Waals surface area contributed by atoms with Crippen LogP contribution >= 0.6 is 12.4 Å². The lowest BCUT2D eigenvalue weighted by atomic mass is 9.95. The van der Waals surface area contributed by atoms with Gasteiger partial charge in [0.05, 0.1) is 5.69 Å². The summed E-state index contributed by atoms with van der Waals surface area (Å²) in [5.41, 5.74) is 1.19. The smallest absolute Gasteiger partial charge is 0.291 e.